The molecule has 0 radical (unpaired) electrons. The van der Waals surface area contributed by atoms with E-state index in [-0.39, 0.29) is 5.56 Å². The van der Waals surface area contributed by atoms with Gasteiger partial charge in [0.25, 0.3) is 0 Å². The molecule has 0 spiro atoms. The van der Waals surface area contributed by atoms with Gasteiger partial charge in [-0.2, -0.15) is 13.2 Å². The van der Waals surface area contributed by atoms with E-state index in [4.69, 9.17) is 0 Å². The number of hydrogen-bond acceptors (Lipinski definition) is 0. The Morgan fingerprint density at radius 1 is 0.810 bits per heavy atom. The molecule has 0 saturated heterocycles. The van der Waals surface area contributed by atoms with Gasteiger partial charge in [0.15, 0.2) is 0 Å². The quantitative estimate of drug-likeness (QED) is 0.628. The van der Waals surface area contributed by atoms with Crippen LogP contribution in [0.3, 0.4) is 0 Å². The molecule has 2 saturated carbocycles. The molecule has 21 heavy (non-hydrogen) atoms. The number of hydrogen-bond donors (Lipinski definition) is 0. The van der Waals surface area contributed by atoms with Crippen LogP contribution in [0.4, 0.5) is 13.2 Å². The summed E-state index contributed by atoms with van der Waals surface area (Å²) in [5, 5.41) is 0.638. The van der Waals surface area contributed by atoms with Crippen LogP contribution in [0, 0.1) is 0 Å². The molecule has 0 heterocycles. The van der Waals surface area contributed by atoms with Gasteiger partial charge >= 0.3 is 6.18 Å². The smallest absolute Gasteiger partial charge is 0.166 e. The third kappa shape index (κ3) is 3.28. The first-order valence-electron chi connectivity index (χ1n) is 8.02. The molecule has 2 aliphatic carbocycles. The van der Waals surface area contributed by atoms with E-state index in [0.717, 1.165) is 25.7 Å². The predicted molar refractivity (Wildman–Crippen MR) is 82.5 cm³/mol. The van der Waals surface area contributed by atoms with Crippen molar-refractivity contribution in [3.8, 4) is 0 Å². The van der Waals surface area contributed by atoms with Crippen molar-refractivity contribution in [1.29, 1.82) is 0 Å². The highest BCUT2D eigenvalue weighted by molar-refractivity contribution is 7.67. The summed E-state index contributed by atoms with van der Waals surface area (Å²) in [6.45, 7) is 0. The lowest BCUT2D eigenvalue weighted by Crippen LogP contribution is -2.25. The maximum Gasteiger partial charge on any atom is 0.417 e. The van der Waals surface area contributed by atoms with E-state index in [1.54, 1.807) is 12.1 Å². The molecule has 0 atom stereocenters. The van der Waals surface area contributed by atoms with E-state index in [1.807, 2.05) is 0 Å². The summed E-state index contributed by atoms with van der Waals surface area (Å²) in [5.74, 6) is 0. The van der Waals surface area contributed by atoms with Gasteiger partial charge in [-0.25, -0.2) is 0 Å². The van der Waals surface area contributed by atoms with Crippen molar-refractivity contribution in [1.82, 2.24) is 0 Å². The highest BCUT2D eigenvalue weighted by Crippen LogP contribution is 2.57. The summed E-state index contributed by atoms with van der Waals surface area (Å²) in [6, 6.07) is 6.38. The molecule has 1 aromatic carbocycles. The lowest BCUT2D eigenvalue weighted by atomic mass is 10.2. The first-order chi connectivity index (χ1) is 10.1. The zero-order chi connectivity index (χ0) is 14.9. The molecule has 0 nitrogen and oxygen atoms in total. The minimum Gasteiger partial charge on any atom is -0.166 e. The Hall–Kier alpha value is -0.560. The van der Waals surface area contributed by atoms with Crippen LogP contribution in [0.2, 0.25) is 0 Å². The second-order valence-electron chi connectivity index (χ2n) is 6.30. The SMILES string of the molecule is FC(F)(F)c1ccccc1P(C1CCCC1)C1CCCC1. The van der Waals surface area contributed by atoms with Gasteiger partial charge in [0.1, 0.15) is 0 Å². The summed E-state index contributed by atoms with van der Waals surface area (Å²) >= 11 is 0. The van der Waals surface area contributed by atoms with Crippen molar-refractivity contribution in [2.45, 2.75) is 68.9 Å². The molecular weight excluding hydrogens is 292 g/mol. The molecule has 2 fully saturated rings. The van der Waals surface area contributed by atoms with E-state index in [2.05, 4.69) is 0 Å². The summed E-state index contributed by atoms with van der Waals surface area (Å²) in [6.07, 6.45) is 5.11. The third-order valence-corrected chi connectivity index (χ3v) is 8.48. The lowest BCUT2D eigenvalue weighted by Gasteiger charge is -2.32. The molecule has 0 N–H and O–H groups in total. The van der Waals surface area contributed by atoms with Gasteiger partial charge in [0, 0.05) is 0 Å². The third-order valence-electron chi connectivity index (χ3n) is 4.92. The molecular formula is C17H22F3P. The predicted octanol–water partition coefficient (Wildman–Crippen LogP) is 5.70. The average Bonchev–Trinajstić information content (AvgIpc) is 3.12. The zero-order valence-electron chi connectivity index (χ0n) is 12.2. The van der Waals surface area contributed by atoms with Crippen LogP contribution in [0.15, 0.2) is 24.3 Å². The van der Waals surface area contributed by atoms with Gasteiger partial charge in [-0.15, -0.1) is 0 Å². The highest BCUT2D eigenvalue weighted by Gasteiger charge is 2.40. The number of halogens is 3. The van der Waals surface area contributed by atoms with Gasteiger partial charge in [-0.05, 0) is 48.4 Å². The maximum absolute atomic E-state index is 13.4. The first-order valence-corrected chi connectivity index (χ1v) is 9.50. The molecule has 2 aliphatic rings. The molecule has 3 rings (SSSR count). The molecule has 0 aromatic heterocycles. The molecule has 116 valence electrons. The van der Waals surface area contributed by atoms with E-state index in [9.17, 15) is 13.2 Å². The molecule has 4 heteroatoms. The van der Waals surface area contributed by atoms with Crippen LogP contribution in [0.5, 0.6) is 0 Å². The second kappa shape index (κ2) is 6.28. The van der Waals surface area contributed by atoms with Gasteiger partial charge < -0.3 is 0 Å². The largest absolute Gasteiger partial charge is 0.417 e. The van der Waals surface area contributed by atoms with Crippen LogP contribution in [0.25, 0.3) is 0 Å². The molecule has 0 aliphatic heterocycles. The number of alkyl halides is 3. The summed E-state index contributed by atoms with van der Waals surface area (Å²) in [7, 11) is -0.663. The van der Waals surface area contributed by atoms with Crippen LogP contribution >= 0.6 is 7.92 Å². The topological polar surface area (TPSA) is 0 Å². The van der Waals surface area contributed by atoms with Crippen molar-refractivity contribution < 1.29 is 13.2 Å². The fraction of sp³-hybridized carbons (Fsp3) is 0.647. The average molecular weight is 314 g/mol. The van der Waals surface area contributed by atoms with Gasteiger partial charge in [-0.1, -0.05) is 51.8 Å². The fourth-order valence-corrected chi connectivity index (χ4v) is 7.96. The van der Waals surface area contributed by atoms with E-state index < -0.39 is 14.1 Å². The maximum atomic E-state index is 13.4. The summed E-state index contributed by atoms with van der Waals surface area (Å²) in [5.41, 5.74) is 0.674. The molecule has 1 aromatic rings. The highest BCUT2D eigenvalue weighted by atomic mass is 31.1. The Labute approximate surface area is 125 Å². The Bertz CT molecular complexity index is 455. The number of benzene rings is 1. The minimum absolute atomic E-state index is 0.366. The van der Waals surface area contributed by atoms with Crippen molar-refractivity contribution >= 4 is 13.2 Å². The Morgan fingerprint density at radius 3 is 1.76 bits per heavy atom. The normalized spacial score (nSPS) is 21.5. The fourth-order valence-electron chi connectivity index (χ4n) is 3.99. The van der Waals surface area contributed by atoms with Gasteiger partial charge in [-0.3, -0.25) is 0 Å². The van der Waals surface area contributed by atoms with E-state index in [0.29, 0.717) is 16.6 Å². The van der Waals surface area contributed by atoms with Gasteiger partial charge in [0.2, 0.25) is 0 Å². The van der Waals surface area contributed by atoms with Crippen molar-refractivity contribution in [3.05, 3.63) is 29.8 Å². The van der Waals surface area contributed by atoms with E-state index >= 15 is 0 Å². The zero-order valence-corrected chi connectivity index (χ0v) is 13.1. The molecule has 0 amide bonds. The van der Waals surface area contributed by atoms with E-state index in [1.165, 1.54) is 37.8 Å². The lowest BCUT2D eigenvalue weighted by molar-refractivity contribution is -0.136. The van der Waals surface area contributed by atoms with Crippen molar-refractivity contribution in [2.75, 3.05) is 0 Å². The monoisotopic (exact) mass is 314 g/mol. The Morgan fingerprint density at radius 2 is 1.29 bits per heavy atom. The molecule has 0 unspecified atom stereocenters. The summed E-state index contributed by atoms with van der Waals surface area (Å²) in [4.78, 5) is 0. The Kier molecular flexibility index (Phi) is 4.59. The van der Waals surface area contributed by atoms with Crippen LogP contribution in [-0.2, 0) is 6.18 Å². The number of rotatable bonds is 3. The first kappa shape index (κ1) is 15.3. The van der Waals surface area contributed by atoms with Crippen LogP contribution in [0.1, 0.15) is 56.9 Å². The summed E-state index contributed by atoms with van der Waals surface area (Å²) < 4.78 is 40.2. The Balaban J connectivity index is 1.99. The molecule has 0 bridgehead atoms. The second-order valence-corrected chi connectivity index (χ2v) is 9.06. The minimum atomic E-state index is -4.21. The van der Waals surface area contributed by atoms with Crippen LogP contribution < -0.4 is 5.30 Å². The standard InChI is InChI=1S/C17H22F3P/c18-17(19,20)15-11-5-6-12-16(15)21(13-7-1-2-8-13)14-9-3-4-10-14/h5-6,11-14H,1-4,7-10H2. The van der Waals surface area contributed by atoms with Crippen molar-refractivity contribution in [2.24, 2.45) is 0 Å². The van der Waals surface area contributed by atoms with Gasteiger partial charge in [0.05, 0.1) is 5.56 Å². The van der Waals surface area contributed by atoms with Crippen LogP contribution in [-0.4, -0.2) is 11.3 Å². The van der Waals surface area contributed by atoms with Crippen molar-refractivity contribution in [3.63, 3.8) is 0 Å².